The van der Waals surface area contributed by atoms with Crippen LogP contribution in [0.4, 0.5) is 0 Å². The van der Waals surface area contributed by atoms with E-state index in [1.165, 1.54) is 37.7 Å². The zero-order chi connectivity index (χ0) is 15.2. The van der Waals surface area contributed by atoms with E-state index in [0.717, 1.165) is 44.6 Å². The molecule has 2 heterocycles. The fourth-order valence-electron chi connectivity index (χ4n) is 3.70. The topological polar surface area (TPSA) is 32.3 Å². The Morgan fingerprint density at radius 2 is 1.82 bits per heavy atom. The molecule has 22 heavy (non-hydrogen) atoms. The van der Waals surface area contributed by atoms with Gasteiger partial charge in [0.05, 0.1) is 0 Å². The molecule has 2 aliphatic rings. The summed E-state index contributed by atoms with van der Waals surface area (Å²) in [5.74, 6) is 0.793. The summed E-state index contributed by atoms with van der Waals surface area (Å²) < 4.78 is 0. The van der Waals surface area contributed by atoms with Crippen molar-refractivity contribution in [1.82, 2.24) is 10.2 Å². The minimum Gasteiger partial charge on any atom is -0.339 e. The number of nitrogens with one attached hydrogen (secondary N) is 1. The van der Waals surface area contributed by atoms with Crippen LogP contribution in [-0.4, -0.2) is 37.0 Å². The van der Waals surface area contributed by atoms with Crippen molar-refractivity contribution in [1.29, 1.82) is 0 Å². The fourth-order valence-corrected chi connectivity index (χ4v) is 3.70. The summed E-state index contributed by atoms with van der Waals surface area (Å²) in [6.07, 6.45) is 8.61. The van der Waals surface area contributed by atoms with Gasteiger partial charge in [0.25, 0.3) is 5.91 Å². The van der Waals surface area contributed by atoms with Gasteiger partial charge in [0.1, 0.15) is 0 Å². The highest BCUT2D eigenvalue weighted by Crippen LogP contribution is 2.24. The minimum absolute atomic E-state index is 0.229. The number of carbonyl (C=O) groups excluding carboxylic acids is 1. The average Bonchev–Trinajstić information content (AvgIpc) is 2.55. The van der Waals surface area contributed by atoms with Gasteiger partial charge in [0, 0.05) is 25.2 Å². The van der Waals surface area contributed by atoms with Gasteiger partial charge in [-0.3, -0.25) is 4.79 Å². The lowest BCUT2D eigenvalue weighted by molar-refractivity contribution is 0.0742. The summed E-state index contributed by atoms with van der Waals surface area (Å²) in [6.45, 7) is 4.02. The van der Waals surface area contributed by atoms with E-state index < -0.39 is 0 Å². The molecule has 3 rings (SSSR count). The van der Waals surface area contributed by atoms with Gasteiger partial charge in [-0.25, -0.2) is 0 Å². The van der Waals surface area contributed by atoms with Gasteiger partial charge in [-0.1, -0.05) is 31.4 Å². The van der Waals surface area contributed by atoms with Crippen molar-refractivity contribution >= 4 is 5.91 Å². The standard InChI is InChI=1S/C19H28N2O/c22-19(21-12-4-2-1-3-5-13-21)17-9-6-8-16(14-17)18-10-7-11-20-15-18/h6,8-9,14,18,20H,1-5,7,10-13,15H2. The summed E-state index contributed by atoms with van der Waals surface area (Å²) in [5, 5.41) is 3.47. The first-order valence-electron chi connectivity index (χ1n) is 8.94. The largest absolute Gasteiger partial charge is 0.339 e. The molecule has 0 spiro atoms. The van der Waals surface area contributed by atoms with E-state index in [1.807, 2.05) is 6.07 Å². The lowest BCUT2D eigenvalue weighted by atomic mass is 9.90. The highest BCUT2D eigenvalue weighted by Gasteiger charge is 2.19. The lowest BCUT2D eigenvalue weighted by Crippen LogP contribution is -2.34. The van der Waals surface area contributed by atoms with Gasteiger partial charge in [-0.2, -0.15) is 0 Å². The van der Waals surface area contributed by atoms with Gasteiger partial charge >= 0.3 is 0 Å². The van der Waals surface area contributed by atoms with E-state index in [4.69, 9.17) is 0 Å². The van der Waals surface area contributed by atoms with Crippen LogP contribution >= 0.6 is 0 Å². The Kier molecular flexibility index (Phi) is 5.49. The summed E-state index contributed by atoms with van der Waals surface area (Å²) in [6, 6.07) is 8.36. The van der Waals surface area contributed by atoms with Crippen molar-refractivity contribution < 1.29 is 4.79 Å². The summed E-state index contributed by atoms with van der Waals surface area (Å²) >= 11 is 0. The summed E-state index contributed by atoms with van der Waals surface area (Å²) in [4.78, 5) is 14.9. The second kappa shape index (κ2) is 7.77. The third kappa shape index (κ3) is 3.89. The maximum absolute atomic E-state index is 12.8. The second-order valence-electron chi connectivity index (χ2n) is 6.73. The van der Waals surface area contributed by atoms with Crippen molar-refractivity contribution in [2.24, 2.45) is 0 Å². The molecular weight excluding hydrogens is 272 g/mol. The third-order valence-electron chi connectivity index (χ3n) is 5.05. The maximum Gasteiger partial charge on any atom is 0.253 e. The van der Waals surface area contributed by atoms with E-state index in [1.54, 1.807) is 0 Å². The predicted octanol–water partition coefficient (Wildman–Crippen LogP) is 3.56. The van der Waals surface area contributed by atoms with E-state index in [9.17, 15) is 4.79 Å². The number of amides is 1. The van der Waals surface area contributed by atoms with Crippen molar-refractivity contribution in [2.75, 3.05) is 26.2 Å². The number of piperidine rings is 1. The van der Waals surface area contributed by atoms with Gasteiger partial charge in [-0.15, -0.1) is 0 Å². The monoisotopic (exact) mass is 300 g/mol. The molecule has 3 nitrogen and oxygen atoms in total. The highest BCUT2D eigenvalue weighted by atomic mass is 16.2. The summed E-state index contributed by atoms with van der Waals surface area (Å²) in [7, 11) is 0. The number of hydrogen-bond donors (Lipinski definition) is 1. The van der Waals surface area contributed by atoms with E-state index in [0.29, 0.717) is 5.92 Å². The van der Waals surface area contributed by atoms with Crippen LogP contribution in [0.2, 0.25) is 0 Å². The smallest absolute Gasteiger partial charge is 0.253 e. The number of nitrogens with zero attached hydrogens (tertiary/aromatic N) is 1. The highest BCUT2D eigenvalue weighted by molar-refractivity contribution is 5.94. The molecule has 3 heteroatoms. The van der Waals surface area contributed by atoms with E-state index >= 15 is 0 Å². The molecular formula is C19H28N2O. The Morgan fingerprint density at radius 1 is 1.05 bits per heavy atom. The molecule has 1 amide bonds. The molecule has 1 aromatic carbocycles. The van der Waals surface area contributed by atoms with Crippen LogP contribution in [0.15, 0.2) is 24.3 Å². The van der Waals surface area contributed by atoms with Crippen molar-refractivity contribution in [2.45, 2.75) is 50.9 Å². The Labute approximate surface area is 134 Å². The average molecular weight is 300 g/mol. The molecule has 2 fully saturated rings. The zero-order valence-electron chi connectivity index (χ0n) is 13.5. The molecule has 0 bridgehead atoms. The molecule has 2 saturated heterocycles. The van der Waals surface area contributed by atoms with E-state index in [-0.39, 0.29) is 5.91 Å². The maximum atomic E-state index is 12.8. The first kappa shape index (κ1) is 15.5. The molecule has 0 saturated carbocycles. The molecule has 0 aliphatic carbocycles. The van der Waals surface area contributed by atoms with E-state index in [2.05, 4.69) is 28.4 Å². The predicted molar refractivity (Wildman–Crippen MR) is 90.3 cm³/mol. The van der Waals surface area contributed by atoms with Crippen LogP contribution in [0.1, 0.15) is 66.8 Å². The lowest BCUT2D eigenvalue weighted by Gasteiger charge is -2.26. The van der Waals surface area contributed by atoms with Gasteiger partial charge in [0.2, 0.25) is 0 Å². The Morgan fingerprint density at radius 3 is 2.55 bits per heavy atom. The van der Waals surface area contributed by atoms with Gasteiger partial charge in [-0.05, 0) is 55.8 Å². The minimum atomic E-state index is 0.229. The second-order valence-corrected chi connectivity index (χ2v) is 6.73. The fraction of sp³-hybridized carbons (Fsp3) is 0.632. The van der Waals surface area contributed by atoms with Crippen molar-refractivity contribution in [3.8, 4) is 0 Å². The molecule has 120 valence electrons. The first-order chi connectivity index (χ1) is 10.8. The number of rotatable bonds is 2. The van der Waals surface area contributed by atoms with Crippen LogP contribution in [0.5, 0.6) is 0 Å². The molecule has 1 aromatic rings. The molecule has 0 radical (unpaired) electrons. The number of benzene rings is 1. The number of carbonyl (C=O) groups is 1. The molecule has 1 N–H and O–H groups in total. The SMILES string of the molecule is O=C(c1cccc(C2CCCNC2)c1)N1CCCCCCC1. The zero-order valence-corrected chi connectivity index (χ0v) is 13.5. The Bertz CT molecular complexity index is 486. The van der Waals surface area contributed by atoms with Gasteiger partial charge < -0.3 is 10.2 Å². The van der Waals surface area contributed by atoms with Crippen LogP contribution in [0, 0.1) is 0 Å². The molecule has 0 aromatic heterocycles. The normalized spacial score (nSPS) is 23.6. The quantitative estimate of drug-likeness (QED) is 0.905. The molecule has 1 atom stereocenters. The van der Waals surface area contributed by atoms with Crippen molar-refractivity contribution in [3.63, 3.8) is 0 Å². The number of hydrogen-bond acceptors (Lipinski definition) is 2. The van der Waals surface area contributed by atoms with Gasteiger partial charge in [0.15, 0.2) is 0 Å². The first-order valence-corrected chi connectivity index (χ1v) is 8.94. The Hall–Kier alpha value is -1.35. The summed E-state index contributed by atoms with van der Waals surface area (Å²) in [5.41, 5.74) is 2.20. The Balaban J connectivity index is 1.71. The third-order valence-corrected chi connectivity index (χ3v) is 5.05. The number of likely N-dealkylation sites (tertiary alicyclic amines) is 1. The molecule has 1 unspecified atom stereocenters. The van der Waals surface area contributed by atoms with Crippen LogP contribution < -0.4 is 5.32 Å². The van der Waals surface area contributed by atoms with Crippen LogP contribution in [0.25, 0.3) is 0 Å². The van der Waals surface area contributed by atoms with Crippen molar-refractivity contribution in [3.05, 3.63) is 35.4 Å². The molecule has 2 aliphatic heterocycles. The van der Waals surface area contributed by atoms with Crippen LogP contribution in [0.3, 0.4) is 0 Å². The van der Waals surface area contributed by atoms with Crippen LogP contribution in [-0.2, 0) is 0 Å².